The molecule has 3 nitrogen and oxygen atoms in total. The van der Waals surface area contributed by atoms with Crippen molar-refractivity contribution in [2.24, 2.45) is 0 Å². The van der Waals surface area contributed by atoms with Gasteiger partial charge in [-0.05, 0) is 77.0 Å². The van der Waals surface area contributed by atoms with Crippen LogP contribution in [0.3, 0.4) is 0 Å². The lowest BCUT2D eigenvalue weighted by atomic mass is 9.99. The van der Waals surface area contributed by atoms with E-state index in [4.69, 9.17) is 9.47 Å². The van der Waals surface area contributed by atoms with Gasteiger partial charge in [-0.1, -0.05) is 32.0 Å². The van der Waals surface area contributed by atoms with Crippen molar-refractivity contribution in [1.29, 1.82) is 0 Å². The molecule has 24 heavy (non-hydrogen) atoms. The fraction of sp³-hybridized carbons (Fsp3) is 0.350. The maximum absolute atomic E-state index is 12.0. The molecule has 0 radical (unpaired) electrons. The number of hydrogen-bond donors (Lipinski definition) is 0. The number of benzene rings is 2. The molecular weight excluding hydrogens is 368 g/mol. The van der Waals surface area contributed by atoms with Gasteiger partial charge in [-0.15, -0.1) is 0 Å². The normalized spacial score (nSPS) is 11.9. The zero-order chi connectivity index (χ0) is 17.7. The second-order valence-electron chi connectivity index (χ2n) is 6.03. The molecule has 0 bridgehead atoms. The van der Waals surface area contributed by atoms with Gasteiger partial charge < -0.3 is 9.47 Å². The fourth-order valence-electron chi connectivity index (χ4n) is 2.29. The number of ether oxygens (including phenoxy) is 2. The van der Waals surface area contributed by atoms with Crippen molar-refractivity contribution < 1.29 is 14.3 Å². The second-order valence-corrected chi connectivity index (χ2v) is 6.89. The minimum atomic E-state index is -0.423. The van der Waals surface area contributed by atoms with Crippen molar-refractivity contribution in [2.75, 3.05) is 6.61 Å². The third-order valence-corrected chi connectivity index (χ3v) is 4.67. The molecule has 0 amide bonds. The summed E-state index contributed by atoms with van der Waals surface area (Å²) in [6.45, 7) is 8.14. The number of hydrogen-bond acceptors (Lipinski definition) is 3. The van der Waals surface area contributed by atoms with Crippen LogP contribution in [0.15, 0.2) is 40.9 Å². The highest BCUT2D eigenvalue weighted by Crippen LogP contribution is 2.30. The molecule has 0 fully saturated rings. The SMILES string of the molecule is CCC(C)c1ccc(OC(=O)COc2cc(C)ccc2C)c(Br)c1. The Kier molecular flexibility index (Phi) is 6.44. The lowest BCUT2D eigenvalue weighted by Crippen LogP contribution is -2.18. The summed E-state index contributed by atoms with van der Waals surface area (Å²) >= 11 is 3.47. The topological polar surface area (TPSA) is 35.5 Å². The second kappa shape index (κ2) is 8.34. The Morgan fingerprint density at radius 2 is 1.88 bits per heavy atom. The van der Waals surface area contributed by atoms with Crippen molar-refractivity contribution in [3.8, 4) is 11.5 Å². The van der Waals surface area contributed by atoms with Crippen LogP contribution in [0.5, 0.6) is 11.5 Å². The highest BCUT2D eigenvalue weighted by Gasteiger charge is 2.12. The molecule has 2 rings (SSSR count). The van der Waals surface area contributed by atoms with Crippen LogP contribution in [0.2, 0.25) is 0 Å². The lowest BCUT2D eigenvalue weighted by Gasteiger charge is -2.13. The van der Waals surface area contributed by atoms with Gasteiger partial charge >= 0.3 is 5.97 Å². The number of esters is 1. The molecule has 4 heteroatoms. The molecule has 0 aliphatic carbocycles. The fourth-order valence-corrected chi connectivity index (χ4v) is 2.77. The summed E-state index contributed by atoms with van der Waals surface area (Å²) in [5.74, 6) is 1.27. The molecule has 0 heterocycles. The highest BCUT2D eigenvalue weighted by atomic mass is 79.9. The zero-order valence-corrected chi connectivity index (χ0v) is 16.1. The molecule has 2 aromatic carbocycles. The summed E-state index contributed by atoms with van der Waals surface area (Å²) < 4.78 is 11.8. The van der Waals surface area contributed by atoms with E-state index >= 15 is 0 Å². The standard InChI is InChI=1S/C20H23BrO3/c1-5-14(3)16-8-9-18(17(21)11-16)24-20(22)12-23-19-10-13(2)6-7-15(19)4/h6-11,14H,5,12H2,1-4H3. The molecule has 1 atom stereocenters. The van der Waals surface area contributed by atoms with E-state index < -0.39 is 5.97 Å². The van der Waals surface area contributed by atoms with Crippen LogP contribution >= 0.6 is 15.9 Å². The molecule has 0 N–H and O–H groups in total. The van der Waals surface area contributed by atoms with E-state index in [9.17, 15) is 4.79 Å². The first kappa shape index (κ1) is 18.5. The van der Waals surface area contributed by atoms with E-state index in [0.29, 0.717) is 17.4 Å². The van der Waals surface area contributed by atoms with E-state index in [1.807, 2.05) is 50.2 Å². The van der Waals surface area contributed by atoms with E-state index in [1.54, 1.807) is 0 Å². The summed E-state index contributed by atoms with van der Waals surface area (Å²) in [6, 6.07) is 11.7. The van der Waals surface area contributed by atoms with Crippen LogP contribution in [0.1, 0.15) is 42.9 Å². The minimum Gasteiger partial charge on any atom is -0.482 e. The average Bonchev–Trinajstić information content (AvgIpc) is 2.56. The molecular formula is C20H23BrO3. The molecule has 2 aromatic rings. The number of rotatable bonds is 6. The maximum atomic E-state index is 12.0. The molecule has 0 aliphatic rings. The smallest absolute Gasteiger partial charge is 0.349 e. The average molecular weight is 391 g/mol. The number of aryl methyl sites for hydroxylation is 2. The van der Waals surface area contributed by atoms with Gasteiger partial charge in [0.2, 0.25) is 0 Å². The first-order valence-corrected chi connectivity index (χ1v) is 8.90. The Balaban J connectivity index is 1.98. The largest absolute Gasteiger partial charge is 0.482 e. The van der Waals surface area contributed by atoms with E-state index in [1.165, 1.54) is 5.56 Å². The van der Waals surface area contributed by atoms with E-state index in [2.05, 4.69) is 29.8 Å². The van der Waals surface area contributed by atoms with Crippen molar-refractivity contribution in [2.45, 2.75) is 40.0 Å². The third kappa shape index (κ3) is 4.84. The van der Waals surface area contributed by atoms with Crippen LogP contribution in [0, 0.1) is 13.8 Å². The number of carbonyl (C=O) groups excluding carboxylic acids is 1. The molecule has 1 unspecified atom stereocenters. The molecule has 0 spiro atoms. The van der Waals surface area contributed by atoms with Gasteiger partial charge in [-0.2, -0.15) is 0 Å². The van der Waals surface area contributed by atoms with Crippen LogP contribution in [-0.4, -0.2) is 12.6 Å². The monoisotopic (exact) mass is 390 g/mol. The summed E-state index contributed by atoms with van der Waals surface area (Å²) in [5, 5.41) is 0. The lowest BCUT2D eigenvalue weighted by molar-refractivity contribution is -0.136. The minimum absolute atomic E-state index is 0.121. The summed E-state index contributed by atoms with van der Waals surface area (Å²) in [5.41, 5.74) is 3.30. The summed E-state index contributed by atoms with van der Waals surface area (Å²) in [4.78, 5) is 12.0. The van der Waals surface area contributed by atoms with Crippen molar-refractivity contribution >= 4 is 21.9 Å². The molecule has 0 aromatic heterocycles. The van der Waals surface area contributed by atoms with Crippen LogP contribution in [-0.2, 0) is 4.79 Å². The third-order valence-electron chi connectivity index (χ3n) is 4.05. The number of carbonyl (C=O) groups is 1. The van der Waals surface area contributed by atoms with Gasteiger partial charge in [0.1, 0.15) is 11.5 Å². The Bertz CT molecular complexity index is 725. The molecule has 0 saturated heterocycles. The van der Waals surface area contributed by atoms with Gasteiger partial charge in [0, 0.05) is 0 Å². The van der Waals surface area contributed by atoms with Crippen LogP contribution in [0.4, 0.5) is 0 Å². The van der Waals surface area contributed by atoms with Crippen LogP contribution in [0.25, 0.3) is 0 Å². The van der Waals surface area contributed by atoms with Gasteiger partial charge in [-0.3, -0.25) is 0 Å². The van der Waals surface area contributed by atoms with Crippen LogP contribution < -0.4 is 9.47 Å². The van der Waals surface area contributed by atoms with Gasteiger partial charge in [0.05, 0.1) is 4.47 Å². The first-order chi connectivity index (χ1) is 11.4. The quantitative estimate of drug-likeness (QED) is 0.478. The predicted octanol–water partition coefficient (Wildman–Crippen LogP) is 5.56. The first-order valence-electron chi connectivity index (χ1n) is 8.11. The van der Waals surface area contributed by atoms with E-state index in [0.717, 1.165) is 22.0 Å². The van der Waals surface area contributed by atoms with Gasteiger partial charge in [0.15, 0.2) is 6.61 Å². The Morgan fingerprint density at radius 1 is 1.12 bits per heavy atom. The van der Waals surface area contributed by atoms with Crippen molar-refractivity contribution in [3.63, 3.8) is 0 Å². The highest BCUT2D eigenvalue weighted by molar-refractivity contribution is 9.10. The number of halogens is 1. The van der Waals surface area contributed by atoms with Crippen molar-refractivity contribution in [3.05, 3.63) is 57.6 Å². The van der Waals surface area contributed by atoms with Crippen molar-refractivity contribution in [1.82, 2.24) is 0 Å². The Morgan fingerprint density at radius 3 is 2.54 bits per heavy atom. The zero-order valence-electron chi connectivity index (χ0n) is 14.6. The Hall–Kier alpha value is -1.81. The van der Waals surface area contributed by atoms with E-state index in [-0.39, 0.29) is 6.61 Å². The molecule has 128 valence electrons. The Labute approximate surface area is 152 Å². The predicted molar refractivity (Wildman–Crippen MR) is 99.9 cm³/mol. The molecule has 0 aliphatic heterocycles. The van der Waals surface area contributed by atoms with Gasteiger partial charge in [0.25, 0.3) is 0 Å². The maximum Gasteiger partial charge on any atom is 0.349 e. The summed E-state index contributed by atoms with van der Waals surface area (Å²) in [6.07, 6.45) is 1.06. The van der Waals surface area contributed by atoms with Gasteiger partial charge in [-0.25, -0.2) is 4.79 Å². The molecule has 0 saturated carbocycles. The summed E-state index contributed by atoms with van der Waals surface area (Å²) in [7, 11) is 0.